The van der Waals surface area contributed by atoms with Crippen molar-refractivity contribution < 1.29 is 4.79 Å². The molecule has 19 heavy (non-hydrogen) atoms. The predicted octanol–water partition coefficient (Wildman–Crippen LogP) is 2.35. The highest BCUT2D eigenvalue weighted by atomic mass is 16.1. The quantitative estimate of drug-likeness (QED) is 0.910. The molecule has 1 atom stereocenters. The molecule has 1 N–H and O–H groups in total. The lowest BCUT2D eigenvalue weighted by atomic mass is 9.99. The van der Waals surface area contributed by atoms with Gasteiger partial charge in [0.15, 0.2) is 0 Å². The molecule has 3 nitrogen and oxygen atoms in total. The van der Waals surface area contributed by atoms with Gasteiger partial charge in [0.05, 0.1) is 5.52 Å². The number of ketones is 1. The Kier molecular flexibility index (Phi) is 3.56. The number of carbonyl (C=O) groups excluding carboxylic acids is 1. The van der Waals surface area contributed by atoms with Gasteiger partial charge < -0.3 is 5.32 Å². The summed E-state index contributed by atoms with van der Waals surface area (Å²) in [5, 5.41) is 4.42. The Balaban J connectivity index is 1.68. The molecular weight excluding hydrogens is 236 g/mol. The lowest BCUT2D eigenvalue weighted by Crippen LogP contribution is -2.14. The van der Waals surface area contributed by atoms with Gasteiger partial charge in [-0.1, -0.05) is 24.3 Å². The molecule has 0 radical (unpaired) electrons. The van der Waals surface area contributed by atoms with Gasteiger partial charge in [-0.15, -0.1) is 0 Å². The lowest BCUT2D eigenvalue weighted by Gasteiger charge is -2.07. The van der Waals surface area contributed by atoms with Crippen LogP contribution in [0, 0.1) is 5.92 Å². The van der Waals surface area contributed by atoms with Gasteiger partial charge in [0.1, 0.15) is 5.78 Å². The molecule has 0 aliphatic carbocycles. The van der Waals surface area contributed by atoms with Crippen molar-refractivity contribution in [3.05, 3.63) is 42.1 Å². The zero-order valence-electron chi connectivity index (χ0n) is 10.9. The van der Waals surface area contributed by atoms with E-state index in [1.165, 1.54) is 0 Å². The molecule has 3 heteroatoms. The van der Waals surface area contributed by atoms with E-state index in [-0.39, 0.29) is 0 Å². The minimum Gasteiger partial charge on any atom is -0.316 e. The van der Waals surface area contributed by atoms with E-state index in [2.05, 4.69) is 10.3 Å². The monoisotopic (exact) mass is 254 g/mol. The van der Waals surface area contributed by atoms with Gasteiger partial charge in [-0.25, -0.2) is 0 Å². The number of rotatable bonds is 4. The molecule has 0 saturated carbocycles. The van der Waals surface area contributed by atoms with Gasteiger partial charge in [0.25, 0.3) is 0 Å². The number of nitrogens with one attached hydrogen (secondary N) is 1. The number of hydrogen-bond acceptors (Lipinski definition) is 3. The van der Waals surface area contributed by atoms with Crippen molar-refractivity contribution in [1.82, 2.24) is 10.3 Å². The van der Waals surface area contributed by atoms with Crippen LogP contribution in [0.25, 0.3) is 10.9 Å². The molecule has 0 amide bonds. The number of benzene rings is 1. The Morgan fingerprint density at radius 1 is 1.26 bits per heavy atom. The van der Waals surface area contributed by atoms with Crippen LogP contribution in [0.1, 0.15) is 18.5 Å². The summed E-state index contributed by atoms with van der Waals surface area (Å²) >= 11 is 0. The summed E-state index contributed by atoms with van der Waals surface area (Å²) in [7, 11) is 0. The summed E-state index contributed by atoms with van der Waals surface area (Å²) in [6.45, 7) is 2.03. The standard InChI is InChI=1S/C16H18N2O/c19-15(9-12-7-8-17-11-12)10-14-6-5-13-3-1-2-4-16(13)18-14/h1-6,12,17H,7-11H2. The summed E-state index contributed by atoms with van der Waals surface area (Å²) in [6.07, 6.45) is 2.26. The topological polar surface area (TPSA) is 42.0 Å². The molecule has 1 unspecified atom stereocenters. The van der Waals surface area contributed by atoms with E-state index in [0.29, 0.717) is 24.5 Å². The molecule has 98 valence electrons. The minimum atomic E-state index is 0.302. The third-order valence-electron chi connectivity index (χ3n) is 3.71. The van der Waals surface area contributed by atoms with Crippen LogP contribution in [0.4, 0.5) is 0 Å². The van der Waals surface area contributed by atoms with E-state index < -0.39 is 0 Å². The zero-order chi connectivity index (χ0) is 13.1. The molecule has 1 aromatic heterocycles. The predicted molar refractivity (Wildman–Crippen MR) is 76.0 cm³/mol. The van der Waals surface area contributed by atoms with Crippen molar-refractivity contribution >= 4 is 16.7 Å². The molecule has 1 aliphatic rings. The highest BCUT2D eigenvalue weighted by Crippen LogP contribution is 2.16. The first kappa shape index (κ1) is 12.3. The highest BCUT2D eigenvalue weighted by molar-refractivity contribution is 5.83. The Morgan fingerprint density at radius 3 is 3.00 bits per heavy atom. The maximum atomic E-state index is 12.0. The van der Waals surface area contributed by atoms with Gasteiger partial charge in [-0.05, 0) is 37.6 Å². The summed E-state index contributed by atoms with van der Waals surface area (Å²) in [4.78, 5) is 16.6. The van der Waals surface area contributed by atoms with Crippen molar-refractivity contribution in [3.8, 4) is 0 Å². The molecule has 1 aliphatic heterocycles. The van der Waals surface area contributed by atoms with Crippen molar-refractivity contribution in [2.45, 2.75) is 19.3 Å². The van der Waals surface area contributed by atoms with Crippen LogP contribution in [0.15, 0.2) is 36.4 Å². The van der Waals surface area contributed by atoms with Crippen LogP contribution in [0.5, 0.6) is 0 Å². The van der Waals surface area contributed by atoms with Crippen molar-refractivity contribution in [2.24, 2.45) is 5.92 Å². The molecule has 1 aromatic carbocycles. The Hall–Kier alpha value is -1.74. The second-order valence-corrected chi connectivity index (χ2v) is 5.27. The molecule has 2 heterocycles. The first-order chi connectivity index (χ1) is 9.31. The fourth-order valence-electron chi connectivity index (χ4n) is 2.69. The summed E-state index contributed by atoms with van der Waals surface area (Å²) < 4.78 is 0. The van der Waals surface area contributed by atoms with E-state index in [1.54, 1.807) is 0 Å². The molecule has 1 saturated heterocycles. The van der Waals surface area contributed by atoms with E-state index in [9.17, 15) is 4.79 Å². The number of fused-ring (bicyclic) bond motifs is 1. The van der Waals surface area contributed by atoms with Crippen LogP contribution < -0.4 is 5.32 Å². The Morgan fingerprint density at radius 2 is 2.16 bits per heavy atom. The summed E-state index contributed by atoms with van der Waals surface area (Å²) in [6, 6.07) is 12.0. The van der Waals surface area contributed by atoms with Crippen LogP contribution in [-0.4, -0.2) is 23.9 Å². The number of para-hydroxylation sites is 1. The minimum absolute atomic E-state index is 0.302. The SMILES string of the molecule is O=C(Cc1ccc2ccccc2n1)CC1CCNC1. The first-order valence-electron chi connectivity index (χ1n) is 6.88. The number of hydrogen-bond donors (Lipinski definition) is 1. The third kappa shape index (κ3) is 2.99. The maximum absolute atomic E-state index is 12.0. The van der Waals surface area contributed by atoms with Crippen molar-refractivity contribution in [1.29, 1.82) is 0 Å². The fourth-order valence-corrected chi connectivity index (χ4v) is 2.69. The zero-order valence-corrected chi connectivity index (χ0v) is 10.9. The van der Waals surface area contributed by atoms with Crippen LogP contribution >= 0.6 is 0 Å². The second kappa shape index (κ2) is 5.49. The smallest absolute Gasteiger partial charge is 0.139 e. The van der Waals surface area contributed by atoms with E-state index in [0.717, 1.165) is 36.1 Å². The van der Waals surface area contributed by atoms with E-state index in [4.69, 9.17) is 0 Å². The van der Waals surface area contributed by atoms with Gasteiger partial charge >= 0.3 is 0 Å². The lowest BCUT2D eigenvalue weighted by molar-refractivity contribution is -0.119. The van der Waals surface area contributed by atoms with Crippen molar-refractivity contribution in [3.63, 3.8) is 0 Å². The number of pyridine rings is 1. The van der Waals surface area contributed by atoms with E-state index in [1.807, 2.05) is 36.4 Å². The van der Waals surface area contributed by atoms with Crippen molar-refractivity contribution in [2.75, 3.05) is 13.1 Å². The van der Waals surface area contributed by atoms with Crippen LogP contribution in [0.3, 0.4) is 0 Å². The van der Waals surface area contributed by atoms with Gasteiger partial charge in [0, 0.05) is 23.9 Å². The van der Waals surface area contributed by atoms with Crippen LogP contribution in [0.2, 0.25) is 0 Å². The molecular formula is C16H18N2O. The Labute approximate surface area is 113 Å². The number of nitrogens with zero attached hydrogens (tertiary/aromatic N) is 1. The Bertz CT molecular complexity index is 588. The third-order valence-corrected chi connectivity index (χ3v) is 3.71. The average molecular weight is 254 g/mol. The maximum Gasteiger partial charge on any atom is 0.139 e. The van der Waals surface area contributed by atoms with Crippen LogP contribution in [-0.2, 0) is 11.2 Å². The van der Waals surface area contributed by atoms with Gasteiger partial charge in [-0.2, -0.15) is 0 Å². The van der Waals surface area contributed by atoms with Gasteiger partial charge in [-0.3, -0.25) is 9.78 Å². The highest BCUT2D eigenvalue weighted by Gasteiger charge is 2.18. The second-order valence-electron chi connectivity index (χ2n) is 5.27. The largest absolute Gasteiger partial charge is 0.316 e. The summed E-state index contributed by atoms with van der Waals surface area (Å²) in [5.41, 5.74) is 1.85. The fraction of sp³-hybridized carbons (Fsp3) is 0.375. The molecule has 1 fully saturated rings. The first-order valence-corrected chi connectivity index (χ1v) is 6.88. The molecule has 0 spiro atoms. The molecule has 3 rings (SSSR count). The van der Waals surface area contributed by atoms with Gasteiger partial charge in [0.2, 0.25) is 0 Å². The number of carbonyl (C=O) groups is 1. The molecule has 2 aromatic rings. The number of Topliss-reactive ketones (excluding diaryl/α,β-unsaturated/α-hetero) is 1. The van der Waals surface area contributed by atoms with E-state index >= 15 is 0 Å². The average Bonchev–Trinajstić information content (AvgIpc) is 2.91. The normalized spacial score (nSPS) is 18.8. The summed E-state index contributed by atoms with van der Waals surface area (Å²) in [5.74, 6) is 0.824. The number of aromatic nitrogens is 1. The molecule has 0 bridgehead atoms.